The highest BCUT2D eigenvalue weighted by atomic mass is 19.1. The van der Waals surface area contributed by atoms with E-state index in [1.807, 2.05) is 6.07 Å². The number of pyridine rings is 1. The second-order valence-corrected chi connectivity index (χ2v) is 6.35. The Kier molecular flexibility index (Phi) is 5.80. The van der Waals surface area contributed by atoms with E-state index in [2.05, 4.69) is 10.2 Å². The molecular weight excluding hydrogens is 337 g/mol. The van der Waals surface area contributed by atoms with Gasteiger partial charge in [-0.15, -0.1) is 0 Å². The van der Waals surface area contributed by atoms with Crippen LogP contribution in [0, 0.1) is 5.82 Å². The Labute approximate surface area is 151 Å². The Morgan fingerprint density at radius 3 is 2.50 bits per heavy atom. The zero-order valence-electron chi connectivity index (χ0n) is 14.7. The number of hydrogen-bond donors (Lipinski definition) is 1. The molecule has 1 aliphatic rings. The molecule has 0 spiro atoms. The largest absolute Gasteiger partial charge is 0.420 e. The third-order valence-electron chi connectivity index (χ3n) is 4.32. The Bertz CT molecular complexity index is 827. The van der Waals surface area contributed by atoms with Gasteiger partial charge in [0.25, 0.3) is 5.56 Å². The molecule has 1 aliphatic heterocycles. The molecule has 1 aromatic heterocycles. The Hall–Kier alpha value is -2.51. The van der Waals surface area contributed by atoms with Crippen molar-refractivity contribution in [1.29, 1.82) is 0 Å². The minimum absolute atomic E-state index is 0.0700. The van der Waals surface area contributed by atoms with Crippen LogP contribution in [-0.2, 0) is 17.9 Å². The zero-order valence-corrected chi connectivity index (χ0v) is 14.7. The predicted octanol–water partition coefficient (Wildman–Crippen LogP) is 1.37. The third kappa shape index (κ3) is 4.56. The first kappa shape index (κ1) is 18.3. The van der Waals surface area contributed by atoms with Gasteiger partial charge in [-0.25, -0.2) is 4.39 Å². The summed E-state index contributed by atoms with van der Waals surface area (Å²) in [5.74, 6) is -0.781. The molecule has 0 amide bonds. The molecule has 0 saturated carbocycles. The highest BCUT2D eigenvalue weighted by molar-refractivity contribution is 5.69. The molecule has 1 saturated heterocycles. The van der Waals surface area contributed by atoms with Crippen LogP contribution in [0.15, 0.2) is 41.3 Å². The number of nitrogens with zero attached hydrogens (tertiary/aromatic N) is 2. The summed E-state index contributed by atoms with van der Waals surface area (Å²) >= 11 is 0. The first-order valence-electron chi connectivity index (χ1n) is 8.61. The number of hydrogen-bond acceptors (Lipinski definition) is 5. The molecule has 6 nitrogen and oxygen atoms in total. The number of carbonyl (C=O) groups is 1. The van der Waals surface area contributed by atoms with Crippen LogP contribution in [0.25, 0.3) is 0 Å². The van der Waals surface area contributed by atoms with Crippen LogP contribution in [0.2, 0.25) is 0 Å². The molecule has 1 aromatic carbocycles. The number of rotatable bonds is 5. The number of nitrogens with one attached hydrogen (secondary N) is 1. The van der Waals surface area contributed by atoms with Crippen molar-refractivity contribution in [2.75, 3.05) is 26.2 Å². The zero-order chi connectivity index (χ0) is 18.5. The molecule has 0 aliphatic carbocycles. The molecule has 1 fully saturated rings. The maximum atomic E-state index is 13.1. The maximum absolute atomic E-state index is 13.1. The van der Waals surface area contributed by atoms with Gasteiger partial charge in [-0.1, -0.05) is 12.1 Å². The van der Waals surface area contributed by atoms with Crippen LogP contribution in [-0.4, -0.2) is 41.6 Å². The predicted molar refractivity (Wildman–Crippen MR) is 95.7 cm³/mol. The molecular formula is C19H22FN3O3. The van der Waals surface area contributed by atoms with Crippen molar-refractivity contribution in [2.45, 2.75) is 20.0 Å². The standard InChI is InChI=1S/C19H22FN3O3/c1-14(24)26-18-16(13-22-10-7-21-8-11-22)6-9-23(19(18)25)12-15-2-4-17(20)5-3-15/h2-6,9,21H,7-8,10-13H2,1H3. The average Bonchev–Trinajstić information content (AvgIpc) is 2.63. The summed E-state index contributed by atoms with van der Waals surface area (Å²) in [4.78, 5) is 26.5. The summed E-state index contributed by atoms with van der Waals surface area (Å²) in [6.07, 6.45) is 1.69. The SMILES string of the molecule is CC(=O)Oc1c(CN2CCNCC2)ccn(Cc2ccc(F)cc2)c1=O. The number of piperazine rings is 1. The number of aromatic nitrogens is 1. The summed E-state index contributed by atoms with van der Waals surface area (Å²) in [7, 11) is 0. The van der Waals surface area contributed by atoms with E-state index in [9.17, 15) is 14.0 Å². The lowest BCUT2D eigenvalue weighted by Crippen LogP contribution is -2.43. The minimum Gasteiger partial charge on any atom is -0.420 e. The number of ether oxygens (including phenoxy) is 1. The van der Waals surface area contributed by atoms with Crippen molar-refractivity contribution in [3.05, 3.63) is 63.8 Å². The molecule has 26 heavy (non-hydrogen) atoms. The first-order chi connectivity index (χ1) is 12.5. The molecule has 138 valence electrons. The van der Waals surface area contributed by atoms with Gasteiger partial charge in [0.15, 0.2) is 0 Å². The topological polar surface area (TPSA) is 63.6 Å². The van der Waals surface area contributed by atoms with Crippen molar-refractivity contribution in [3.63, 3.8) is 0 Å². The van der Waals surface area contributed by atoms with Gasteiger partial charge < -0.3 is 14.6 Å². The molecule has 3 rings (SSSR count). The van der Waals surface area contributed by atoms with Gasteiger partial charge in [-0.2, -0.15) is 0 Å². The van der Waals surface area contributed by atoms with Gasteiger partial charge in [-0.3, -0.25) is 14.5 Å². The normalized spacial score (nSPS) is 15.0. The first-order valence-corrected chi connectivity index (χ1v) is 8.61. The van der Waals surface area contributed by atoms with E-state index in [4.69, 9.17) is 4.74 Å². The number of benzene rings is 1. The monoisotopic (exact) mass is 359 g/mol. The quantitative estimate of drug-likeness (QED) is 0.817. The maximum Gasteiger partial charge on any atom is 0.308 e. The van der Waals surface area contributed by atoms with E-state index in [0.717, 1.165) is 31.7 Å². The third-order valence-corrected chi connectivity index (χ3v) is 4.32. The van der Waals surface area contributed by atoms with Crippen LogP contribution in [0.1, 0.15) is 18.1 Å². The fourth-order valence-electron chi connectivity index (χ4n) is 2.99. The van der Waals surface area contributed by atoms with Crippen molar-refractivity contribution in [2.24, 2.45) is 0 Å². The molecule has 7 heteroatoms. The lowest BCUT2D eigenvalue weighted by atomic mass is 10.2. The molecule has 0 unspecified atom stereocenters. The summed E-state index contributed by atoms with van der Waals surface area (Å²) in [5, 5.41) is 3.28. The van der Waals surface area contributed by atoms with Crippen LogP contribution in [0.5, 0.6) is 5.75 Å². The minimum atomic E-state index is -0.525. The van der Waals surface area contributed by atoms with Crippen LogP contribution < -0.4 is 15.6 Å². The smallest absolute Gasteiger partial charge is 0.308 e. The van der Waals surface area contributed by atoms with E-state index in [1.54, 1.807) is 18.3 Å². The Morgan fingerprint density at radius 1 is 1.15 bits per heavy atom. The average molecular weight is 359 g/mol. The van der Waals surface area contributed by atoms with Crippen molar-refractivity contribution >= 4 is 5.97 Å². The fraction of sp³-hybridized carbons (Fsp3) is 0.368. The highest BCUT2D eigenvalue weighted by Crippen LogP contribution is 2.17. The second kappa shape index (κ2) is 8.25. The fourth-order valence-corrected chi connectivity index (χ4v) is 2.99. The summed E-state index contributed by atoms with van der Waals surface area (Å²) in [6, 6.07) is 7.77. The van der Waals surface area contributed by atoms with Crippen LogP contribution in [0.3, 0.4) is 0 Å². The van der Waals surface area contributed by atoms with Gasteiger partial charge in [-0.05, 0) is 23.8 Å². The Balaban J connectivity index is 1.88. The van der Waals surface area contributed by atoms with E-state index >= 15 is 0 Å². The van der Waals surface area contributed by atoms with Gasteiger partial charge in [0.05, 0.1) is 6.54 Å². The van der Waals surface area contributed by atoms with Gasteiger partial charge in [0, 0.05) is 51.4 Å². The molecule has 0 atom stereocenters. The summed E-state index contributed by atoms with van der Waals surface area (Å²) < 4.78 is 19.8. The summed E-state index contributed by atoms with van der Waals surface area (Å²) in [6.45, 7) is 5.65. The summed E-state index contributed by atoms with van der Waals surface area (Å²) in [5.41, 5.74) is 1.12. The van der Waals surface area contributed by atoms with E-state index in [-0.39, 0.29) is 23.7 Å². The Morgan fingerprint density at radius 2 is 1.85 bits per heavy atom. The lowest BCUT2D eigenvalue weighted by molar-refractivity contribution is -0.132. The molecule has 0 radical (unpaired) electrons. The molecule has 0 bridgehead atoms. The molecule has 2 heterocycles. The van der Waals surface area contributed by atoms with Crippen LogP contribution >= 0.6 is 0 Å². The van der Waals surface area contributed by atoms with Crippen LogP contribution in [0.4, 0.5) is 4.39 Å². The van der Waals surface area contributed by atoms with E-state index < -0.39 is 5.97 Å². The van der Waals surface area contributed by atoms with Crippen molar-refractivity contribution in [3.8, 4) is 5.75 Å². The number of carbonyl (C=O) groups excluding carboxylic acids is 1. The lowest BCUT2D eigenvalue weighted by Gasteiger charge is -2.27. The molecule has 2 aromatic rings. The van der Waals surface area contributed by atoms with Crippen molar-refractivity contribution < 1.29 is 13.9 Å². The van der Waals surface area contributed by atoms with Crippen molar-refractivity contribution in [1.82, 2.24) is 14.8 Å². The second-order valence-electron chi connectivity index (χ2n) is 6.35. The van der Waals surface area contributed by atoms with Gasteiger partial charge >= 0.3 is 5.97 Å². The van der Waals surface area contributed by atoms with Gasteiger partial charge in [0.1, 0.15) is 5.82 Å². The molecule has 1 N–H and O–H groups in total. The van der Waals surface area contributed by atoms with E-state index in [0.29, 0.717) is 12.1 Å². The highest BCUT2D eigenvalue weighted by Gasteiger charge is 2.18. The van der Waals surface area contributed by atoms with Gasteiger partial charge in [0.2, 0.25) is 5.75 Å². The number of esters is 1. The number of halogens is 1. The van der Waals surface area contributed by atoms with E-state index in [1.165, 1.54) is 23.6 Å².